The van der Waals surface area contributed by atoms with Crippen molar-refractivity contribution in [3.8, 4) is 11.5 Å². The van der Waals surface area contributed by atoms with Crippen LogP contribution in [0.1, 0.15) is 48.3 Å². The number of hydrogen-bond acceptors (Lipinski definition) is 7. The summed E-state index contributed by atoms with van der Waals surface area (Å²) in [4.78, 5) is 36.4. The number of carbonyl (C=O) groups excluding carboxylic acids is 2. The molecule has 246 valence electrons. The molecule has 0 N–H and O–H groups in total. The average Bonchev–Trinajstić information content (AvgIpc) is 3.12. The maximum atomic E-state index is 13.8. The molecule has 2 amide bonds. The number of allylic oxidation sites excluding steroid dienone is 2. The van der Waals surface area contributed by atoms with Gasteiger partial charge in [0.25, 0.3) is 11.8 Å². The molecule has 2 aliphatic heterocycles. The number of aromatic nitrogens is 1. The van der Waals surface area contributed by atoms with Crippen LogP contribution < -0.4 is 19.4 Å². The second kappa shape index (κ2) is 13.5. The van der Waals surface area contributed by atoms with E-state index < -0.39 is 0 Å². The van der Waals surface area contributed by atoms with Gasteiger partial charge in [0, 0.05) is 60.0 Å². The van der Waals surface area contributed by atoms with Crippen LogP contribution in [0.5, 0.6) is 11.5 Å². The summed E-state index contributed by atoms with van der Waals surface area (Å²) in [6.45, 7) is 9.69. The fourth-order valence-electron chi connectivity index (χ4n) is 7.07. The normalized spacial score (nSPS) is 19.3. The number of hydrogen-bond donors (Lipinski definition) is 0. The van der Waals surface area contributed by atoms with Crippen molar-refractivity contribution in [3.05, 3.63) is 102 Å². The van der Waals surface area contributed by atoms with Crippen LogP contribution in [0.2, 0.25) is 0 Å². The van der Waals surface area contributed by atoms with Gasteiger partial charge in [-0.3, -0.25) is 14.6 Å². The van der Waals surface area contributed by atoms with Crippen LogP contribution in [0, 0.1) is 18.8 Å². The number of piperazine rings is 1. The van der Waals surface area contributed by atoms with Crippen molar-refractivity contribution in [1.82, 2.24) is 9.88 Å². The topological polar surface area (TPSA) is 87.6 Å². The third kappa shape index (κ3) is 6.01. The van der Waals surface area contributed by atoms with Gasteiger partial charge in [0.1, 0.15) is 0 Å². The van der Waals surface area contributed by atoms with E-state index in [2.05, 4.69) is 34.2 Å². The molecule has 2 atom stereocenters. The predicted molar refractivity (Wildman–Crippen MR) is 189 cm³/mol. The first-order valence-electron chi connectivity index (χ1n) is 16.9. The molecular weight excluding hydrogens is 602 g/mol. The molecule has 9 heteroatoms. The Morgan fingerprint density at radius 3 is 2.29 bits per heavy atom. The number of para-hydroxylation sites is 1. The van der Waals surface area contributed by atoms with Gasteiger partial charge < -0.3 is 19.3 Å². The molecule has 1 aromatic heterocycles. The molecule has 0 saturated carbocycles. The molecule has 1 saturated heterocycles. The van der Waals surface area contributed by atoms with Crippen LogP contribution in [0.25, 0.3) is 10.9 Å². The van der Waals surface area contributed by atoms with Crippen molar-refractivity contribution in [3.63, 3.8) is 0 Å². The van der Waals surface area contributed by atoms with Crippen molar-refractivity contribution in [2.75, 3.05) is 49.3 Å². The standard InChI is InChI=1S/C39H41N5O4/c1-4-47-35-19-16-28(25-36(35)48-5-2)37-30-10-6-7-11-31(30)39(46)44(41-37)29-17-14-27(15-18-29)38(45)43-22-20-42(21-23-43)34-24-26(3)40-33-13-9-8-12-32(33)34/h6-9,12-19,24-25,30-31H,4-5,10-11,20-23H2,1-3H3/t30-,31+/m0/s1. The molecule has 7 rings (SSSR count). The highest BCUT2D eigenvalue weighted by Crippen LogP contribution is 2.38. The predicted octanol–water partition coefficient (Wildman–Crippen LogP) is 6.64. The molecule has 0 unspecified atom stereocenters. The third-order valence-corrected chi connectivity index (χ3v) is 9.45. The second-order valence-electron chi connectivity index (χ2n) is 12.4. The van der Waals surface area contributed by atoms with E-state index in [9.17, 15) is 9.59 Å². The van der Waals surface area contributed by atoms with Crippen LogP contribution in [-0.4, -0.2) is 66.8 Å². The van der Waals surface area contributed by atoms with Crippen molar-refractivity contribution < 1.29 is 19.1 Å². The van der Waals surface area contributed by atoms with Crippen molar-refractivity contribution in [2.45, 2.75) is 33.6 Å². The lowest BCUT2D eigenvalue weighted by molar-refractivity contribution is -0.123. The molecular formula is C39H41N5O4. The maximum absolute atomic E-state index is 13.8. The zero-order valence-electron chi connectivity index (χ0n) is 27.8. The number of fused-ring (bicyclic) bond motifs is 2. The zero-order chi connectivity index (χ0) is 33.2. The summed E-state index contributed by atoms with van der Waals surface area (Å²) >= 11 is 0. The van der Waals surface area contributed by atoms with Gasteiger partial charge in [-0.25, -0.2) is 5.01 Å². The van der Waals surface area contributed by atoms with Gasteiger partial charge in [0.05, 0.1) is 36.0 Å². The minimum atomic E-state index is -0.219. The molecule has 9 nitrogen and oxygen atoms in total. The van der Waals surface area contributed by atoms with E-state index in [1.165, 1.54) is 5.01 Å². The third-order valence-electron chi connectivity index (χ3n) is 9.45. The van der Waals surface area contributed by atoms with Gasteiger partial charge in [-0.1, -0.05) is 30.4 Å². The summed E-state index contributed by atoms with van der Waals surface area (Å²) in [5, 5.41) is 7.60. The summed E-state index contributed by atoms with van der Waals surface area (Å²) < 4.78 is 11.7. The number of rotatable bonds is 8. The van der Waals surface area contributed by atoms with E-state index in [4.69, 9.17) is 14.6 Å². The Hall–Kier alpha value is -5.18. The van der Waals surface area contributed by atoms with Crippen LogP contribution >= 0.6 is 0 Å². The maximum Gasteiger partial charge on any atom is 0.253 e. The quantitative estimate of drug-likeness (QED) is 0.200. The number of anilines is 2. The molecule has 1 fully saturated rings. The second-order valence-corrected chi connectivity index (χ2v) is 12.4. The molecule has 1 aliphatic carbocycles. The molecule has 3 aromatic carbocycles. The first-order chi connectivity index (χ1) is 23.4. The lowest BCUT2D eigenvalue weighted by Crippen LogP contribution is -2.49. The molecule has 0 bridgehead atoms. The van der Waals surface area contributed by atoms with Gasteiger partial charge in [-0.2, -0.15) is 5.10 Å². The number of pyridine rings is 1. The SMILES string of the molecule is CCOc1ccc(C2=NN(c3ccc(C(=O)N4CCN(c5cc(C)nc6ccccc56)CC4)cc3)C(=O)[C@@H]3CC=CC[C@H]23)cc1OCC. The highest BCUT2D eigenvalue weighted by atomic mass is 16.5. The van der Waals surface area contributed by atoms with Gasteiger partial charge in [0.15, 0.2) is 11.5 Å². The Morgan fingerprint density at radius 1 is 0.833 bits per heavy atom. The van der Waals surface area contributed by atoms with Crippen LogP contribution in [0.4, 0.5) is 11.4 Å². The van der Waals surface area contributed by atoms with E-state index in [1.807, 2.05) is 86.3 Å². The summed E-state index contributed by atoms with van der Waals surface area (Å²) in [6.07, 6.45) is 5.63. The molecule has 3 heterocycles. The summed E-state index contributed by atoms with van der Waals surface area (Å²) in [6, 6.07) is 23.5. The van der Waals surface area contributed by atoms with Crippen LogP contribution in [-0.2, 0) is 4.79 Å². The highest BCUT2D eigenvalue weighted by molar-refractivity contribution is 6.11. The average molecular weight is 644 g/mol. The lowest BCUT2D eigenvalue weighted by Gasteiger charge is -2.37. The van der Waals surface area contributed by atoms with Gasteiger partial charge in [-0.05, 0) is 88.2 Å². The van der Waals surface area contributed by atoms with E-state index in [0.29, 0.717) is 55.5 Å². The number of benzene rings is 3. The molecule has 3 aliphatic rings. The van der Waals surface area contributed by atoms with Crippen molar-refractivity contribution in [2.24, 2.45) is 16.9 Å². The Morgan fingerprint density at radius 2 is 1.54 bits per heavy atom. The number of aryl methyl sites for hydroxylation is 1. The van der Waals surface area contributed by atoms with E-state index in [1.54, 1.807) is 0 Å². The van der Waals surface area contributed by atoms with Crippen LogP contribution in [0.15, 0.2) is 90.0 Å². The minimum Gasteiger partial charge on any atom is -0.490 e. The monoisotopic (exact) mass is 643 g/mol. The fraction of sp³-hybridized carbons (Fsp3) is 0.333. The Bertz CT molecular complexity index is 1890. The fourth-order valence-corrected chi connectivity index (χ4v) is 7.07. The first-order valence-corrected chi connectivity index (χ1v) is 16.9. The smallest absolute Gasteiger partial charge is 0.253 e. The Labute approximate surface area is 281 Å². The van der Waals surface area contributed by atoms with E-state index in [-0.39, 0.29) is 23.7 Å². The number of hydrazone groups is 1. The highest BCUT2D eigenvalue weighted by Gasteiger charge is 2.41. The van der Waals surface area contributed by atoms with E-state index >= 15 is 0 Å². The lowest BCUT2D eigenvalue weighted by atomic mass is 9.76. The molecule has 4 aromatic rings. The first kappa shape index (κ1) is 31.4. The Balaban J connectivity index is 1.10. The molecule has 48 heavy (non-hydrogen) atoms. The van der Waals surface area contributed by atoms with Crippen molar-refractivity contribution >= 4 is 39.8 Å². The van der Waals surface area contributed by atoms with Gasteiger partial charge in [0.2, 0.25) is 0 Å². The van der Waals surface area contributed by atoms with Crippen LogP contribution in [0.3, 0.4) is 0 Å². The number of nitrogens with zero attached hydrogens (tertiary/aromatic N) is 5. The number of amides is 2. The molecule has 0 spiro atoms. The minimum absolute atomic E-state index is 0.0125. The molecule has 0 radical (unpaired) electrons. The van der Waals surface area contributed by atoms with Gasteiger partial charge >= 0.3 is 0 Å². The van der Waals surface area contributed by atoms with Crippen molar-refractivity contribution in [1.29, 1.82) is 0 Å². The number of ether oxygens (including phenoxy) is 2. The largest absolute Gasteiger partial charge is 0.490 e. The summed E-state index contributed by atoms with van der Waals surface area (Å²) in [5.41, 5.74) is 6.13. The Kier molecular flexibility index (Phi) is 8.84. The summed E-state index contributed by atoms with van der Waals surface area (Å²) in [7, 11) is 0. The zero-order valence-corrected chi connectivity index (χ0v) is 27.8. The summed E-state index contributed by atoms with van der Waals surface area (Å²) in [5.74, 6) is 1.07. The van der Waals surface area contributed by atoms with E-state index in [0.717, 1.165) is 53.1 Å². The van der Waals surface area contributed by atoms with Gasteiger partial charge in [-0.15, -0.1) is 0 Å². The number of carbonyl (C=O) groups is 2.